The molecule has 0 spiro atoms. The molecule has 0 aliphatic carbocycles. The van der Waals surface area contributed by atoms with Crippen molar-refractivity contribution in [1.29, 1.82) is 0 Å². The van der Waals surface area contributed by atoms with Gasteiger partial charge in [0.2, 0.25) is 0 Å². The molecule has 60 valence electrons. The Hall–Kier alpha value is -0.773. The first-order valence-corrected chi connectivity index (χ1v) is 4.70. The molecule has 0 saturated heterocycles. The molecule has 1 aromatic carbocycles. The maximum atomic E-state index is 12.4. The molecule has 1 rings (SSSR count). The summed E-state index contributed by atoms with van der Waals surface area (Å²) in [5.41, 5.74) is 0.521. The van der Waals surface area contributed by atoms with E-state index in [1.54, 1.807) is 0 Å². The van der Waals surface area contributed by atoms with Crippen LogP contribution < -0.4 is 0 Å². The Balaban J connectivity index is 3.21. The summed E-state index contributed by atoms with van der Waals surface area (Å²) in [7, 11) is 0.814. The fourth-order valence-electron chi connectivity index (χ4n) is 0.812. The molecule has 0 bridgehead atoms. The number of hydrogen-bond acceptors (Lipinski definition) is 0. The topological polar surface area (TPSA) is 0 Å². The molecule has 0 atom stereocenters. The molecule has 0 unspecified atom stereocenters. The maximum Gasteiger partial charge on any atom is 0.194 e. The predicted molar refractivity (Wildman–Crippen MR) is 40.0 cm³/mol. The van der Waals surface area contributed by atoms with Crippen molar-refractivity contribution in [3.8, 4) is 0 Å². The Labute approximate surface area is 65.5 Å². The fraction of sp³-hybridized carbons (Fsp3) is 0.143. The van der Waals surface area contributed by atoms with Crippen molar-refractivity contribution in [3.63, 3.8) is 0 Å². The van der Waals surface area contributed by atoms with E-state index in [9.17, 15) is 13.2 Å². The van der Waals surface area contributed by atoms with E-state index in [4.69, 9.17) is 0 Å². The zero-order chi connectivity index (χ0) is 8.43. The van der Waals surface area contributed by atoms with E-state index in [1.807, 2.05) is 0 Å². The zero-order valence-corrected chi connectivity index (χ0v) is 8.00. The molecule has 1 aromatic rings. The molecule has 0 saturated carbocycles. The Bertz CT molecular complexity index is 249. The minimum Gasteiger partial charge on any atom is -0.204 e. The smallest absolute Gasteiger partial charge is 0.194 e. The van der Waals surface area contributed by atoms with Crippen LogP contribution in [0.25, 0.3) is 0 Å². The Morgan fingerprint density at radius 3 is 1.91 bits per heavy atom. The average molecular weight is 176 g/mol. The summed E-state index contributed by atoms with van der Waals surface area (Å²) in [6.45, 7) is 0. The monoisotopic (exact) mass is 176 g/mol. The third kappa shape index (κ3) is 1.62. The lowest BCUT2D eigenvalue weighted by molar-refractivity contribution is 0.446. The van der Waals surface area contributed by atoms with E-state index in [2.05, 4.69) is 0 Å². The second-order valence-corrected chi connectivity index (χ2v) is 2.93. The van der Waals surface area contributed by atoms with E-state index in [1.165, 1.54) is 0 Å². The number of halogens is 3. The van der Waals surface area contributed by atoms with Crippen LogP contribution in [0.4, 0.5) is 13.2 Å². The molecular weight excluding hydrogens is 169 g/mol. The second kappa shape index (κ2) is 3.09. The minimum absolute atomic E-state index is 0.521. The molecule has 0 aliphatic heterocycles. The third-order valence-corrected chi connectivity index (χ3v) is 2.27. The van der Waals surface area contributed by atoms with Gasteiger partial charge in [-0.05, 0) is 23.7 Å². The van der Waals surface area contributed by atoms with E-state index < -0.39 is 17.5 Å². The van der Waals surface area contributed by atoms with Gasteiger partial charge in [-0.2, -0.15) is 0 Å². The lowest BCUT2D eigenvalue weighted by Gasteiger charge is -1.98. The molecule has 0 radical (unpaired) electrons. The summed E-state index contributed by atoms with van der Waals surface area (Å²) in [6, 6.07) is 2.70. The highest BCUT2D eigenvalue weighted by molar-refractivity contribution is 6.08. The van der Waals surface area contributed by atoms with Crippen molar-refractivity contribution in [3.05, 3.63) is 35.1 Å². The molecule has 0 aromatic heterocycles. The first-order chi connectivity index (χ1) is 5.15. The molecular formula is C7H7F3Si. The summed E-state index contributed by atoms with van der Waals surface area (Å²) in [6.07, 6.45) is 0. The Morgan fingerprint density at radius 1 is 1.09 bits per heavy atom. The highest BCUT2D eigenvalue weighted by Crippen LogP contribution is 2.12. The van der Waals surface area contributed by atoms with E-state index in [-0.39, 0.29) is 0 Å². The molecule has 11 heavy (non-hydrogen) atoms. The van der Waals surface area contributed by atoms with Crippen molar-refractivity contribution in [2.24, 2.45) is 0 Å². The van der Waals surface area contributed by atoms with Gasteiger partial charge in [-0.25, -0.2) is 13.2 Å². The van der Waals surface area contributed by atoms with Gasteiger partial charge >= 0.3 is 0 Å². The van der Waals surface area contributed by atoms with Crippen LogP contribution in [0.2, 0.25) is 0 Å². The zero-order valence-electron chi connectivity index (χ0n) is 6.00. The van der Waals surface area contributed by atoms with Crippen molar-refractivity contribution in [2.45, 2.75) is 6.04 Å². The van der Waals surface area contributed by atoms with Gasteiger partial charge in [-0.3, -0.25) is 0 Å². The number of benzene rings is 1. The summed E-state index contributed by atoms with van der Waals surface area (Å²) in [5.74, 6) is -3.59. The van der Waals surface area contributed by atoms with Crippen molar-refractivity contribution < 1.29 is 13.2 Å². The fourth-order valence-corrected chi connectivity index (χ4v) is 1.22. The Kier molecular flexibility index (Phi) is 2.33. The third-order valence-electron chi connectivity index (χ3n) is 1.45. The summed E-state index contributed by atoms with van der Waals surface area (Å²) in [4.78, 5) is 0. The van der Waals surface area contributed by atoms with Gasteiger partial charge in [0, 0.05) is 10.2 Å². The van der Waals surface area contributed by atoms with Crippen LogP contribution in [0.15, 0.2) is 12.1 Å². The maximum absolute atomic E-state index is 12.4. The molecule has 0 amide bonds. The SMILES string of the molecule is Fc1cc(C[SiH3])cc(F)c1F. The predicted octanol–water partition coefficient (Wildman–Crippen LogP) is 0.969. The summed E-state index contributed by atoms with van der Waals surface area (Å²) < 4.78 is 37.2. The van der Waals surface area contributed by atoms with Crippen LogP contribution >= 0.6 is 0 Å². The van der Waals surface area contributed by atoms with Crippen LogP contribution in [0.3, 0.4) is 0 Å². The van der Waals surface area contributed by atoms with Crippen LogP contribution in [0.5, 0.6) is 0 Å². The molecule has 0 fully saturated rings. The first kappa shape index (κ1) is 8.32. The van der Waals surface area contributed by atoms with E-state index in [0.29, 0.717) is 11.6 Å². The van der Waals surface area contributed by atoms with Crippen molar-refractivity contribution in [2.75, 3.05) is 0 Å². The summed E-state index contributed by atoms with van der Waals surface area (Å²) >= 11 is 0. The molecule has 0 N–H and O–H groups in total. The van der Waals surface area contributed by atoms with Crippen LogP contribution in [0.1, 0.15) is 5.56 Å². The lowest BCUT2D eigenvalue weighted by Crippen LogP contribution is -1.94. The van der Waals surface area contributed by atoms with Crippen LogP contribution in [-0.2, 0) is 6.04 Å². The minimum atomic E-state index is -1.39. The normalized spacial score (nSPS) is 10.5. The highest BCUT2D eigenvalue weighted by Gasteiger charge is 2.08. The van der Waals surface area contributed by atoms with Crippen molar-refractivity contribution in [1.82, 2.24) is 0 Å². The largest absolute Gasteiger partial charge is 0.204 e. The molecule has 0 heterocycles. The van der Waals surface area contributed by atoms with Gasteiger partial charge in [0.25, 0.3) is 0 Å². The molecule has 0 nitrogen and oxygen atoms in total. The molecule has 0 aliphatic rings. The van der Waals surface area contributed by atoms with E-state index >= 15 is 0 Å². The second-order valence-electron chi connectivity index (χ2n) is 2.23. The van der Waals surface area contributed by atoms with Crippen LogP contribution in [0, 0.1) is 17.5 Å². The van der Waals surface area contributed by atoms with Gasteiger partial charge in [0.05, 0.1) is 0 Å². The summed E-state index contributed by atoms with van der Waals surface area (Å²) in [5, 5.41) is 0. The van der Waals surface area contributed by atoms with Gasteiger partial charge < -0.3 is 0 Å². The van der Waals surface area contributed by atoms with Crippen LogP contribution in [-0.4, -0.2) is 10.2 Å². The lowest BCUT2D eigenvalue weighted by atomic mass is 10.2. The average Bonchev–Trinajstić information content (AvgIpc) is 1.99. The highest BCUT2D eigenvalue weighted by atomic mass is 28.1. The van der Waals surface area contributed by atoms with E-state index in [0.717, 1.165) is 22.4 Å². The first-order valence-electron chi connectivity index (χ1n) is 3.28. The van der Waals surface area contributed by atoms with Gasteiger partial charge in [0.1, 0.15) is 0 Å². The van der Waals surface area contributed by atoms with Gasteiger partial charge in [-0.1, -0.05) is 0 Å². The molecule has 4 heteroatoms. The van der Waals surface area contributed by atoms with Crippen molar-refractivity contribution >= 4 is 10.2 Å². The quantitative estimate of drug-likeness (QED) is 0.442. The number of rotatable bonds is 1. The standard InChI is InChI=1S/C7H7F3Si/c8-5-1-4(3-11)2-6(9)7(5)10/h1-2H,3H2,11H3. The van der Waals surface area contributed by atoms with Gasteiger partial charge in [-0.15, -0.1) is 0 Å². The van der Waals surface area contributed by atoms with Gasteiger partial charge in [0.15, 0.2) is 17.5 Å². The Morgan fingerprint density at radius 2 is 1.55 bits per heavy atom. The number of hydrogen-bond donors (Lipinski definition) is 0.